The van der Waals surface area contributed by atoms with Gasteiger partial charge in [-0.05, 0) is 37.1 Å². The van der Waals surface area contributed by atoms with Gasteiger partial charge in [0.1, 0.15) is 18.2 Å². The smallest absolute Gasteiger partial charge is 0.255 e. The lowest BCUT2D eigenvalue weighted by Crippen LogP contribution is -2.43. The molecule has 2 N–H and O–H groups in total. The van der Waals surface area contributed by atoms with E-state index in [9.17, 15) is 9.59 Å². The van der Waals surface area contributed by atoms with E-state index in [1.54, 1.807) is 25.4 Å². The quantitative estimate of drug-likeness (QED) is 0.724. The van der Waals surface area contributed by atoms with Gasteiger partial charge in [0.25, 0.3) is 5.56 Å². The summed E-state index contributed by atoms with van der Waals surface area (Å²) < 4.78 is 5.70. The summed E-state index contributed by atoms with van der Waals surface area (Å²) in [5.41, 5.74) is 2.37. The number of benzene rings is 1. The largest absolute Gasteiger partial charge is 0.491 e. The van der Waals surface area contributed by atoms with E-state index in [2.05, 4.69) is 20.3 Å². The number of nitrogens with one attached hydrogen (secondary N) is 2. The Hall–Kier alpha value is -3.48. The zero-order valence-electron chi connectivity index (χ0n) is 15.4. The second-order valence-corrected chi connectivity index (χ2v) is 6.78. The molecule has 28 heavy (non-hydrogen) atoms. The van der Waals surface area contributed by atoms with Crippen LogP contribution in [0.5, 0.6) is 5.75 Å². The summed E-state index contributed by atoms with van der Waals surface area (Å²) in [7, 11) is 0. The summed E-state index contributed by atoms with van der Waals surface area (Å²) in [6.45, 7) is 2.15. The van der Waals surface area contributed by atoms with Crippen LogP contribution < -0.4 is 15.6 Å². The number of fused-ring (bicyclic) bond motifs is 1. The first-order chi connectivity index (χ1) is 13.6. The van der Waals surface area contributed by atoms with Gasteiger partial charge in [0.2, 0.25) is 5.91 Å². The lowest BCUT2D eigenvalue weighted by atomic mass is 10.0. The van der Waals surface area contributed by atoms with E-state index in [1.807, 2.05) is 30.3 Å². The van der Waals surface area contributed by atoms with E-state index in [0.29, 0.717) is 30.1 Å². The minimum atomic E-state index is -0.313. The minimum absolute atomic E-state index is 0.0281. The van der Waals surface area contributed by atoms with Crippen molar-refractivity contribution in [3.63, 3.8) is 0 Å². The number of H-pyrrole nitrogens is 1. The topological polar surface area (TPSA) is 97.0 Å². The predicted octanol–water partition coefficient (Wildman–Crippen LogP) is 1.80. The Morgan fingerprint density at radius 2 is 2.14 bits per heavy atom. The molecule has 1 aliphatic rings. The van der Waals surface area contributed by atoms with Crippen LogP contribution in [-0.2, 0) is 17.6 Å². The Labute approximate surface area is 161 Å². The molecule has 1 atom stereocenters. The highest BCUT2D eigenvalue weighted by Crippen LogP contribution is 2.23. The van der Waals surface area contributed by atoms with Crippen LogP contribution in [0.25, 0.3) is 11.4 Å². The van der Waals surface area contributed by atoms with Crippen LogP contribution in [-0.4, -0.2) is 33.5 Å². The Balaban J connectivity index is 1.46. The third kappa shape index (κ3) is 3.78. The highest BCUT2D eigenvalue weighted by atomic mass is 16.5. The predicted molar refractivity (Wildman–Crippen MR) is 104 cm³/mol. The summed E-state index contributed by atoms with van der Waals surface area (Å²) in [6.07, 6.45) is 3.96. The number of amides is 1. The molecule has 0 spiro atoms. The molecule has 2 aromatic heterocycles. The van der Waals surface area contributed by atoms with E-state index in [1.165, 1.54) is 0 Å². The Morgan fingerprint density at radius 3 is 2.93 bits per heavy atom. The fourth-order valence-electron chi connectivity index (χ4n) is 3.32. The molecule has 3 aromatic rings. The van der Waals surface area contributed by atoms with Crippen LogP contribution >= 0.6 is 0 Å². The molecule has 4 rings (SSSR count). The number of para-hydroxylation sites is 1. The number of aromatic amines is 1. The van der Waals surface area contributed by atoms with Crippen molar-refractivity contribution >= 4 is 5.91 Å². The van der Waals surface area contributed by atoms with E-state index in [4.69, 9.17) is 4.74 Å². The SMILES string of the molecule is Cc1nc(-c2cccnc2)[nH]c(=O)c1CC(=O)N[C@H]1COc2ccccc2C1. The first-order valence-corrected chi connectivity index (χ1v) is 9.10. The minimum Gasteiger partial charge on any atom is -0.491 e. The number of hydrogen-bond acceptors (Lipinski definition) is 5. The first-order valence-electron chi connectivity index (χ1n) is 9.10. The fraction of sp³-hybridized carbons (Fsp3) is 0.238. The molecule has 0 bridgehead atoms. The van der Waals surface area contributed by atoms with Crippen molar-refractivity contribution in [2.45, 2.75) is 25.8 Å². The summed E-state index contributed by atoms with van der Waals surface area (Å²) in [4.78, 5) is 36.2. The maximum atomic E-state index is 12.5. The Kier molecular flexibility index (Phi) is 4.89. The molecule has 0 aliphatic carbocycles. The van der Waals surface area contributed by atoms with Crippen molar-refractivity contribution in [2.24, 2.45) is 0 Å². The standard InChI is InChI=1S/C21H20N4O3/c1-13-17(21(27)25-20(23-13)15-6-4-8-22-11-15)10-19(26)24-16-9-14-5-2-3-7-18(14)28-12-16/h2-8,11,16H,9-10,12H2,1H3,(H,24,26)(H,23,25,27)/t16-/m1/s1. The van der Waals surface area contributed by atoms with Crippen LogP contribution in [0.15, 0.2) is 53.6 Å². The van der Waals surface area contributed by atoms with Gasteiger partial charge in [-0.1, -0.05) is 18.2 Å². The number of nitrogens with zero attached hydrogens (tertiary/aromatic N) is 2. The van der Waals surface area contributed by atoms with E-state index < -0.39 is 0 Å². The third-order valence-electron chi connectivity index (χ3n) is 4.74. The summed E-state index contributed by atoms with van der Waals surface area (Å²) in [5, 5.41) is 2.95. The number of carbonyl (C=O) groups excluding carboxylic acids is 1. The number of ether oxygens (including phenoxy) is 1. The van der Waals surface area contributed by atoms with Gasteiger partial charge < -0.3 is 15.0 Å². The molecule has 1 aromatic carbocycles. The van der Waals surface area contributed by atoms with Gasteiger partial charge in [0.05, 0.1) is 12.5 Å². The van der Waals surface area contributed by atoms with Gasteiger partial charge >= 0.3 is 0 Å². The number of rotatable bonds is 4. The van der Waals surface area contributed by atoms with Gasteiger partial charge in [-0.15, -0.1) is 0 Å². The lowest BCUT2D eigenvalue weighted by molar-refractivity contribution is -0.121. The molecular weight excluding hydrogens is 356 g/mol. The first kappa shape index (κ1) is 17.9. The molecule has 0 radical (unpaired) electrons. The van der Waals surface area contributed by atoms with Crippen molar-refractivity contribution in [1.29, 1.82) is 0 Å². The number of aryl methyl sites for hydroxylation is 1. The van der Waals surface area contributed by atoms with Crippen LogP contribution in [0.4, 0.5) is 0 Å². The lowest BCUT2D eigenvalue weighted by Gasteiger charge is -2.26. The third-order valence-corrected chi connectivity index (χ3v) is 4.74. The zero-order valence-corrected chi connectivity index (χ0v) is 15.4. The van der Waals surface area contributed by atoms with Gasteiger partial charge in [-0.25, -0.2) is 4.98 Å². The molecule has 1 aliphatic heterocycles. The average Bonchev–Trinajstić information content (AvgIpc) is 2.71. The normalized spacial score (nSPS) is 15.4. The molecular formula is C21H20N4O3. The molecule has 7 nitrogen and oxygen atoms in total. The number of pyridine rings is 1. The van der Waals surface area contributed by atoms with Crippen LogP contribution in [0, 0.1) is 6.92 Å². The molecule has 0 saturated heterocycles. The fourth-order valence-corrected chi connectivity index (χ4v) is 3.32. The molecule has 7 heteroatoms. The molecule has 3 heterocycles. The number of aromatic nitrogens is 3. The highest BCUT2D eigenvalue weighted by Gasteiger charge is 2.22. The Morgan fingerprint density at radius 1 is 1.29 bits per heavy atom. The van der Waals surface area contributed by atoms with E-state index >= 15 is 0 Å². The van der Waals surface area contributed by atoms with Crippen LogP contribution in [0.3, 0.4) is 0 Å². The second kappa shape index (κ2) is 7.64. The highest BCUT2D eigenvalue weighted by molar-refractivity contribution is 5.79. The maximum Gasteiger partial charge on any atom is 0.255 e. The van der Waals surface area contributed by atoms with Gasteiger partial charge in [-0.3, -0.25) is 14.6 Å². The summed E-state index contributed by atoms with van der Waals surface area (Å²) >= 11 is 0. The number of carbonyl (C=O) groups is 1. The second-order valence-electron chi connectivity index (χ2n) is 6.78. The van der Waals surface area contributed by atoms with Crippen molar-refractivity contribution in [1.82, 2.24) is 20.3 Å². The van der Waals surface area contributed by atoms with Crippen molar-refractivity contribution in [3.8, 4) is 17.1 Å². The summed E-state index contributed by atoms with van der Waals surface area (Å²) in [6, 6.07) is 11.3. The monoisotopic (exact) mass is 376 g/mol. The van der Waals surface area contributed by atoms with E-state index in [-0.39, 0.29) is 23.9 Å². The van der Waals surface area contributed by atoms with Crippen LogP contribution in [0.2, 0.25) is 0 Å². The van der Waals surface area contributed by atoms with Gasteiger partial charge in [0.15, 0.2) is 0 Å². The van der Waals surface area contributed by atoms with Gasteiger partial charge in [0, 0.05) is 29.2 Å². The molecule has 142 valence electrons. The van der Waals surface area contributed by atoms with Crippen LogP contribution in [0.1, 0.15) is 16.8 Å². The molecule has 0 fully saturated rings. The van der Waals surface area contributed by atoms with Crippen molar-refractivity contribution in [2.75, 3.05) is 6.61 Å². The van der Waals surface area contributed by atoms with Gasteiger partial charge in [-0.2, -0.15) is 0 Å². The molecule has 1 amide bonds. The molecule has 0 saturated carbocycles. The maximum absolute atomic E-state index is 12.5. The van der Waals surface area contributed by atoms with E-state index in [0.717, 1.165) is 16.9 Å². The van der Waals surface area contributed by atoms with Crippen molar-refractivity contribution in [3.05, 3.63) is 76.0 Å². The zero-order chi connectivity index (χ0) is 19.5. The van der Waals surface area contributed by atoms with Crippen molar-refractivity contribution < 1.29 is 9.53 Å². The average molecular weight is 376 g/mol. The Bertz CT molecular complexity index is 1060. The number of hydrogen-bond donors (Lipinski definition) is 2. The molecule has 0 unspecified atom stereocenters. The summed E-state index contributed by atoms with van der Waals surface area (Å²) in [5.74, 6) is 1.07.